The molecule has 7 heteroatoms. The molecule has 0 radical (unpaired) electrons. The summed E-state index contributed by atoms with van der Waals surface area (Å²) >= 11 is 0. The Balaban J connectivity index is 2.03. The third-order valence-corrected chi connectivity index (χ3v) is 4.19. The second kappa shape index (κ2) is 9.24. The van der Waals surface area contributed by atoms with E-state index in [1.54, 1.807) is 6.20 Å². The predicted octanol–water partition coefficient (Wildman–Crippen LogP) is 1.61. The SMILES string of the molecule is CN/C=C(\CC(C)CNC)NC(=O)C1=COC(c2ccnc(C)c2)N1C. The van der Waals surface area contributed by atoms with Crippen molar-refractivity contribution in [2.45, 2.75) is 26.5 Å². The summed E-state index contributed by atoms with van der Waals surface area (Å²) in [5, 5.41) is 9.14. The summed E-state index contributed by atoms with van der Waals surface area (Å²) in [7, 11) is 5.60. The zero-order valence-electron chi connectivity index (χ0n) is 16.2. The molecule has 1 aliphatic rings. The topological polar surface area (TPSA) is 78.5 Å². The number of aryl methyl sites for hydroxylation is 1. The number of allylic oxidation sites excluding steroid dienone is 1. The van der Waals surface area contributed by atoms with Crippen LogP contribution in [0.2, 0.25) is 0 Å². The molecule has 0 saturated heterocycles. The van der Waals surface area contributed by atoms with Crippen LogP contribution in [0, 0.1) is 12.8 Å². The van der Waals surface area contributed by atoms with E-state index in [1.807, 2.05) is 51.3 Å². The number of rotatable bonds is 8. The molecule has 0 fully saturated rings. The fourth-order valence-corrected chi connectivity index (χ4v) is 2.99. The van der Waals surface area contributed by atoms with Gasteiger partial charge in [-0.15, -0.1) is 0 Å². The summed E-state index contributed by atoms with van der Waals surface area (Å²) in [4.78, 5) is 18.8. The number of amides is 1. The minimum absolute atomic E-state index is 0.182. The van der Waals surface area contributed by atoms with E-state index in [4.69, 9.17) is 4.74 Å². The molecule has 0 saturated carbocycles. The monoisotopic (exact) mass is 359 g/mol. The number of nitrogens with zero attached hydrogens (tertiary/aromatic N) is 2. The first-order valence-electron chi connectivity index (χ1n) is 8.79. The first-order valence-corrected chi connectivity index (χ1v) is 8.79. The quantitative estimate of drug-likeness (QED) is 0.655. The van der Waals surface area contributed by atoms with Crippen LogP contribution in [-0.4, -0.2) is 43.5 Å². The molecular formula is C19H29N5O2. The second-order valence-corrected chi connectivity index (χ2v) is 6.61. The maximum atomic E-state index is 12.7. The Morgan fingerprint density at radius 1 is 1.46 bits per heavy atom. The Bertz CT molecular complexity index is 686. The number of hydrogen-bond acceptors (Lipinski definition) is 6. The van der Waals surface area contributed by atoms with Gasteiger partial charge >= 0.3 is 0 Å². The van der Waals surface area contributed by atoms with Gasteiger partial charge in [0.15, 0.2) is 6.23 Å². The highest BCUT2D eigenvalue weighted by Crippen LogP contribution is 2.30. The standard InChI is InChI=1S/C19H29N5O2/c1-13(10-20-3)8-16(11-21-4)23-18(25)17-12-26-19(24(17)5)15-6-7-22-14(2)9-15/h6-7,9,11-13,19-21H,8,10H2,1-5H3,(H,23,25)/b16-11+. The molecule has 3 N–H and O–H groups in total. The lowest BCUT2D eigenvalue weighted by molar-refractivity contribution is -0.118. The van der Waals surface area contributed by atoms with E-state index in [9.17, 15) is 4.79 Å². The fourth-order valence-electron chi connectivity index (χ4n) is 2.99. The smallest absolute Gasteiger partial charge is 0.275 e. The molecule has 0 aromatic carbocycles. The molecule has 1 aromatic rings. The highest BCUT2D eigenvalue weighted by molar-refractivity contribution is 5.94. The van der Waals surface area contributed by atoms with Crippen LogP contribution < -0.4 is 16.0 Å². The maximum Gasteiger partial charge on any atom is 0.275 e. The normalized spacial score (nSPS) is 18.2. The molecule has 0 spiro atoms. The van der Waals surface area contributed by atoms with E-state index in [-0.39, 0.29) is 12.1 Å². The zero-order valence-corrected chi connectivity index (χ0v) is 16.2. The van der Waals surface area contributed by atoms with Crippen LogP contribution in [0.3, 0.4) is 0 Å². The van der Waals surface area contributed by atoms with Crippen LogP contribution in [-0.2, 0) is 9.53 Å². The van der Waals surface area contributed by atoms with Gasteiger partial charge in [-0.1, -0.05) is 6.92 Å². The zero-order chi connectivity index (χ0) is 19.1. The maximum absolute atomic E-state index is 12.7. The number of pyridine rings is 1. The average Bonchev–Trinajstić information content (AvgIpc) is 2.97. The van der Waals surface area contributed by atoms with Crippen molar-refractivity contribution in [2.24, 2.45) is 5.92 Å². The number of hydrogen-bond donors (Lipinski definition) is 3. The molecule has 0 bridgehead atoms. The second-order valence-electron chi connectivity index (χ2n) is 6.61. The van der Waals surface area contributed by atoms with Crippen LogP contribution in [0.15, 0.2) is 42.2 Å². The Hall–Kier alpha value is -2.54. The Labute approximate surface area is 155 Å². The van der Waals surface area contributed by atoms with E-state index < -0.39 is 0 Å². The number of ether oxygens (including phenoxy) is 1. The number of likely N-dealkylation sites (N-methyl/N-ethyl adjacent to an activating group) is 1. The van der Waals surface area contributed by atoms with E-state index in [0.29, 0.717) is 11.6 Å². The van der Waals surface area contributed by atoms with E-state index >= 15 is 0 Å². The van der Waals surface area contributed by atoms with Gasteiger partial charge in [-0.3, -0.25) is 9.78 Å². The van der Waals surface area contributed by atoms with Gasteiger partial charge in [0.25, 0.3) is 5.91 Å². The molecule has 0 aliphatic carbocycles. The molecule has 1 amide bonds. The minimum atomic E-state index is -0.322. The third-order valence-electron chi connectivity index (χ3n) is 4.19. The molecule has 7 nitrogen and oxygen atoms in total. The van der Waals surface area contributed by atoms with Gasteiger partial charge in [0.1, 0.15) is 12.0 Å². The Morgan fingerprint density at radius 3 is 2.88 bits per heavy atom. The molecule has 1 aliphatic heterocycles. The first kappa shape index (κ1) is 19.8. The highest BCUT2D eigenvalue weighted by atomic mass is 16.5. The van der Waals surface area contributed by atoms with Gasteiger partial charge in [0.2, 0.25) is 0 Å². The fraction of sp³-hybridized carbons (Fsp3) is 0.474. The molecule has 2 unspecified atom stereocenters. The van der Waals surface area contributed by atoms with E-state index in [0.717, 1.165) is 29.9 Å². The van der Waals surface area contributed by atoms with Crippen LogP contribution >= 0.6 is 0 Å². The predicted molar refractivity (Wildman–Crippen MR) is 102 cm³/mol. The molecule has 26 heavy (non-hydrogen) atoms. The van der Waals surface area contributed by atoms with Gasteiger partial charge in [-0.25, -0.2) is 0 Å². The summed E-state index contributed by atoms with van der Waals surface area (Å²) in [6, 6.07) is 3.86. The minimum Gasteiger partial charge on any atom is -0.472 e. The summed E-state index contributed by atoms with van der Waals surface area (Å²) in [6.07, 6.45) is 5.53. The van der Waals surface area contributed by atoms with Crippen molar-refractivity contribution >= 4 is 5.91 Å². The molecule has 142 valence electrons. The molecule has 2 rings (SSSR count). The summed E-state index contributed by atoms with van der Waals surface area (Å²) < 4.78 is 5.73. The van der Waals surface area contributed by atoms with Crippen molar-refractivity contribution in [3.05, 3.63) is 53.4 Å². The summed E-state index contributed by atoms with van der Waals surface area (Å²) in [5.74, 6) is 0.220. The van der Waals surface area contributed by atoms with Crippen LogP contribution in [0.5, 0.6) is 0 Å². The lowest BCUT2D eigenvalue weighted by Crippen LogP contribution is -2.33. The van der Waals surface area contributed by atoms with Crippen molar-refractivity contribution in [1.29, 1.82) is 0 Å². The van der Waals surface area contributed by atoms with Crippen molar-refractivity contribution in [2.75, 3.05) is 27.7 Å². The average molecular weight is 359 g/mol. The first-order chi connectivity index (χ1) is 12.5. The van der Waals surface area contributed by atoms with Crippen molar-refractivity contribution < 1.29 is 9.53 Å². The lowest BCUT2D eigenvalue weighted by atomic mass is 10.1. The molecule has 2 atom stereocenters. The van der Waals surface area contributed by atoms with Crippen molar-refractivity contribution in [1.82, 2.24) is 25.8 Å². The van der Waals surface area contributed by atoms with Crippen LogP contribution in [0.25, 0.3) is 0 Å². The van der Waals surface area contributed by atoms with Crippen LogP contribution in [0.4, 0.5) is 0 Å². The van der Waals surface area contributed by atoms with Gasteiger partial charge in [-0.05, 0) is 45.0 Å². The third kappa shape index (κ3) is 4.98. The number of carbonyl (C=O) groups is 1. The van der Waals surface area contributed by atoms with Crippen LogP contribution in [0.1, 0.15) is 30.8 Å². The molecular weight excluding hydrogens is 330 g/mol. The number of carbonyl (C=O) groups excluding carboxylic acids is 1. The van der Waals surface area contributed by atoms with Gasteiger partial charge in [0.05, 0.1) is 0 Å². The van der Waals surface area contributed by atoms with Crippen molar-refractivity contribution in [3.8, 4) is 0 Å². The molecule has 1 aromatic heterocycles. The largest absolute Gasteiger partial charge is 0.472 e. The Kier molecular flexibility index (Phi) is 7.03. The lowest BCUT2D eigenvalue weighted by Gasteiger charge is -2.23. The van der Waals surface area contributed by atoms with Gasteiger partial charge in [-0.2, -0.15) is 0 Å². The summed E-state index contributed by atoms with van der Waals surface area (Å²) in [6.45, 7) is 4.95. The van der Waals surface area contributed by atoms with Crippen molar-refractivity contribution in [3.63, 3.8) is 0 Å². The van der Waals surface area contributed by atoms with E-state index in [1.165, 1.54) is 6.26 Å². The Morgan fingerprint density at radius 2 is 2.23 bits per heavy atom. The highest BCUT2D eigenvalue weighted by Gasteiger charge is 2.30. The van der Waals surface area contributed by atoms with Gasteiger partial charge in [0, 0.05) is 43.4 Å². The number of aromatic nitrogens is 1. The number of nitrogens with one attached hydrogen (secondary N) is 3. The van der Waals surface area contributed by atoms with E-state index in [2.05, 4.69) is 27.9 Å². The molecule has 2 heterocycles. The summed E-state index contributed by atoms with van der Waals surface area (Å²) in [5.41, 5.74) is 3.22. The van der Waals surface area contributed by atoms with Gasteiger partial charge < -0.3 is 25.6 Å².